The van der Waals surface area contributed by atoms with Gasteiger partial charge in [0.2, 0.25) is 11.1 Å². The monoisotopic (exact) mass is 606 g/mol. The van der Waals surface area contributed by atoms with E-state index >= 15 is 0 Å². The largest absolute Gasteiger partial charge is 0.471 e. The maximum Gasteiger partial charge on any atom is 0.471 e. The first-order valence-electron chi connectivity index (χ1n) is 13.3. The molecule has 2 N–H and O–H groups in total. The molecular formula is C27H29F3N6O5S. The molecule has 15 heteroatoms. The van der Waals surface area contributed by atoms with Gasteiger partial charge in [-0.05, 0) is 46.5 Å². The molecule has 3 heterocycles. The predicted octanol–water partition coefficient (Wildman–Crippen LogP) is 3.53. The number of halogens is 3. The lowest BCUT2D eigenvalue weighted by molar-refractivity contribution is -0.245. The Balaban J connectivity index is 1.28. The number of aryl methyl sites for hydroxylation is 1. The lowest BCUT2D eigenvalue weighted by Crippen LogP contribution is -2.48. The molecule has 0 radical (unpaired) electrons. The minimum absolute atomic E-state index is 0.0666. The second kappa shape index (κ2) is 12.8. The standard InChI is InChI=1S/C27H29F3N6O5S/c1-35-26(32-33-34-35)42-15-20-13-22(17-6-4-16(14-37)5-7-17)41-24(40-20)18-8-10-19(11-9-18)31-23(38)21-3-2-12-36(21)25(39)27(28,29)30/h4-11,20-22,24,37H,2-3,12-15H2,1H3,(H,31,38)/t20-,21-,22+,24+/m0/s1. The molecule has 11 nitrogen and oxygen atoms in total. The Morgan fingerprint density at radius 2 is 1.81 bits per heavy atom. The van der Waals surface area contributed by atoms with E-state index in [9.17, 15) is 27.9 Å². The van der Waals surface area contributed by atoms with E-state index in [4.69, 9.17) is 9.47 Å². The minimum Gasteiger partial charge on any atom is -0.392 e. The highest BCUT2D eigenvalue weighted by Gasteiger charge is 2.47. The van der Waals surface area contributed by atoms with Crippen molar-refractivity contribution < 1.29 is 37.3 Å². The number of rotatable bonds is 8. The third kappa shape index (κ3) is 6.91. The van der Waals surface area contributed by atoms with Crippen LogP contribution >= 0.6 is 11.8 Å². The highest BCUT2D eigenvalue weighted by molar-refractivity contribution is 7.99. The normalized spacial score (nSPS) is 22.7. The number of likely N-dealkylation sites (tertiary alicyclic amines) is 1. The Labute approximate surface area is 243 Å². The summed E-state index contributed by atoms with van der Waals surface area (Å²) >= 11 is 1.45. The highest BCUT2D eigenvalue weighted by atomic mass is 32.2. The average molecular weight is 607 g/mol. The van der Waals surface area contributed by atoms with Crippen LogP contribution in [0.2, 0.25) is 0 Å². The van der Waals surface area contributed by atoms with Crippen LogP contribution in [0.5, 0.6) is 0 Å². The summed E-state index contributed by atoms with van der Waals surface area (Å²) in [4.78, 5) is 25.1. The molecule has 0 aliphatic carbocycles. The number of hydrogen-bond acceptors (Lipinski definition) is 9. The van der Waals surface area contributed by atoms with Gasteiger partial charge in [-0.25, -0.2) is 4.68 Å². The van der Waals surface area contributed by atoms with E-state index < -0.39 is 30.3 Å². The number of carbonyl (C=O) groups excluding carboxylic acids is 2. The molecule has 42 heavy (non-hydrogen) atoms. The summed E-state index contributed by atoms with van der Waals surface area (Å²) in [6.45, 7) is -0.189. The Kier molecular flexibility index (Phi) is 9.11. The maximum absolute atomic E-state index is 13.0. The number of anilines is 1. The van der Waals surface area contributed by atoms with E-state index in [0.717, 1.165) is 11.1 Å². The molecule has 0 bridgehead atoms. The zero-order valence-electron chi connectivity index (χ0n) is 22.5. The predicted molar refractivity (Wildman–Crippen MR) is 144 cm³/mol. The lowest BCUT2D eigenvalue weighted by atomic mass is 10.0. The smallest absolute Gasteiger partial charge is 0.392 e. The van der Waals surface area contributed by atoms with Crippen molar-refractivity contribution in [3.05, 3.63) is 65.2 Å². The number of tetrazole rings is 1. The van der Waals surface area contributed by atoms with Crippen molar-refractivity contribution in [3.8, 4) is 0 Å². The zero-order chi connectivity index (χ0) is 29.9. The maximum atomic E-state index is 13.0. The molecule has 4 atom stereocenters. The lowest BCUT2D eigenvalue weighted by Gasteiger charge is -2.36. The van der Waals surface area contributed by atoms with Crippen molar-refractivity contribution in [1.29, 1.82) is 0 Å². The SMILES string of the molecule is Cn1nnnc1SC[C@@H]1C[C@H](c2ccc(CO)cc2)O[C@H](c2ccc(NC(=O)[C@@H]3CCCN3C(=O)C(F)(F)F)cc2)O1. The third-order valence-electron chi connectivity index (χ3n) is 7.10. The summed E-state index contributed by atoms with van der Waals surface area (Å²) in [6.07, 6.45) is -5.29. The zero-order valence-corrected chi connectivity index (χ0v) is 23.3. The molecule has 2 saturated heterocycles. The van der Waals surface area contributed by atoms with Crippen LogP contribution in [0, 0.1) is 0 Å². The molecule has 2 aromatic carbocycles. The van der Waals surface area contributed by atoms with Crippen molar-refractivity contribution >= 4 is 29.3 Å². The third-order valence-corrected chi connectivity index (χ3v) is 8.25. The molecule has 5 rings (SSSR count). The van der Waals surface area contributed by atoms with Crippen LogP contribution in [-0.2, 0) is 32.7 Å². The molecule has 2 fully saturated rings. The van der Waals surface area contributed by atoms with Crippen molar-refractivity contribution in [1.82, 2.24) is 25.1 Å². The van der Waals surface area contributed by atoms with Gasteiger partial charge in [0.1, 0.15) is 6.04 Å². The summed E-state index contributed by atoms with van der Waals surface area (Å²) < 4.78 is 53.0. The van der Waals surface area contributed by atoms with Crippen LogP contribution < -0.4 is 5.32 Å². The number of thioether (sulfide) groups is 1. The number of carbonyl (C=O) groups is 2. The van der Waals surface area contributed by atoms with Crippen LogP contribution in [0.3, 0.4) is 0 Å². The van der Waals surface area contributed by atoms with E-state index in [2.05, 4.69) is 20.8 Å². The summed E-state index contributed by atoms with van der Waals surface area (Å²) in [6, 6.07) is 12.9. The van der Waals surface area contributed by atoms with Crippen molar-refractivity contribution in [2.45, 2.75) is 61.7 Å². The molecule has 2 aliphatic rings. The number of nitrogens with zero attached hydrogens (tertiary/aromatic N) is 5. The number of aliphatic hydroxyl groups excluding tert-OH is 1. The summed E-state index contributed by atoms with van der Waals surface area (Å²) in [5.41, 5.74) is 2.75. The average Bonchev–Trinajstić information content (AvgIpc) is 3.64. The first-order chi connectivity index (χ1) is 20.1. The number of aliphatic hydroxyl groups is 1. The second-order valence-corrected chi connectivity index (χ2v) is 11.0. The molecule has 224 valence electrons. The van der Waals surface area contributed by atoms with Gasteiger partial charge in [0.25, 0.3) is 0 Å². The fourth-order valence-corrected chi connectivity index (χ4v) is 5.80. The minimum atomic E-state index is -5.04. The molecule has 0 spiro atoms. The van der Waals surface area contributed by atoms with Crippen molar-refractivity contribution in [2.24, 2.45) is 7.05 Å². The number of alkyl halides is 3. The van der Waals surface area contributed by atoms with Gasteiger partial charge in [-0.3, -0.25) is 9.59 Å². The van der Waals surface area contributed by atoms with E-state index in [-0.39, 0.29) is 31.8 Å². The van der Waals surface area contributed by atoms with Gasteiger partial charge < -0.3 is 24.8 Å². The van der Waals surface area contributed by atoms with Gasteiger partial charge in [-0.1, -0.05) is 48.2 Å². The van der Waals surface area contributed by atoms with Crippen LogP contribution in [-0.4, -0.2) is 72.6 Å². The van der Waals surface area contributed by atoms with Gasteiger partial charge in [0, 0.05) is 37.0 Å². The fraction of sp³-hybridized carbons (Fsp3) is 0.444. The number of amides is 2. The van der Waals surface area contributed by atoms with Crippen LogP contribution in [0.1, 0.15) is 48.3 Å². The van der Waals surface area contributed by atoms with Crippen molar-refractivity contribution in [2.75, 3.05) is 17.6 Å². The Bertz CT molecular complexity index is 1390. The van der Waals surface area contributed by atoms with Crippen molar-refractivity contribution in [3.63, 3.8) is 0 Å². The number of hydrogen-bond donors (Lipinski definition) is 2. The van der Waals surface area contributed by atoms with E-state index in [1.807, 2.05) is 24.3 Å². The summed E-state index contributed by atoms with van der Waals surface area (Å²) in [5, 5.41) is 24.2. The number of nitrogens with one attached hydrogen (secondary N) is 1. The number of aromatic nitrogens is 4. The number of benzene rings is 2. The Morgan fingerprint density at radius 3 is 2.45 bits per heavy atom. The first-order valence-corrected chi connectivity index (χ1v) is 14.3. The Hall–Kier alpha value is -3.53. The molecule has 0 unspecified atom stereocenters. The second-order valence-electron chi connectivity index (χ2n) is 10.0. The summed E-state index contributed by atoms with van der Waals surface area (Å²) in [7, 11) is 1.75. The topological polar surface area (TPSA) is 132 Å². The Morgan fingerprint density at radius 1 is 1.10 bits per heavy atom. The van der Waals surface area contributed by atoms with Crippen LogP contribution in [0.25, 0.3) is 0 Å². The summed E-state index contributed by atoms with van der Waals surface area (Å²) in [5.74, 6) is -2.13. The first kappa shape index (κ1) is 29.9. The molecule has 3 aromatic rings. The van der Waals surface area contributed by atoms with Gasteiger partial charge in [0.05, 0.1) is 18.8 Å². The van der Waals surface area contributed by atoms with E-state index in [1.165, 1.54) is 11.8 Å². The number of ether oxygens (including phenoxy) is 2. The van der Waals surface area contributed by atoms with Gasteiger partial charge in [0.15, 0.2) is 6.29 Å². The van der Waals surface area contributed by atoms with E-state index in [1.54, 1.807) is 36.0 Å². The van der Waals surface area contributed by atoms with Gasteiger partial charge in [-0.2, -0.15) is 13.2 Å². The van der Waals surface area contributed by atoms with Gasteiger partial charge >= 0.3 is 12.1 Å². The molecule has 0 saturated carbocycles. The van der Waals surface area contributed by atoms with Crippen LogP contribution in [0.4, 0.5) is 18.9 Å². The van der Waals surface area contributed by atoms with Gasteiger partial charge in [-0.15, -0.1) is 5.10 Å². The van der Waals surface area contributed by atoms with Crippen LogP contribution in [0.15, 0.2) is 53.7 Å². The highest BCUT2D eigenvalue weighted by Crippen LogP contribution is 2.39. The molecule has 2 amide bonds. The van der Waals surface area contributed by atoms with E-state index in [0.29, 0.717) is 39.9 Å². The molecule has 2 aliphatic heterocycles. The fourth-order valence-electron chi connectivity index (χ4n) is 4.93. The molecular weight excluding hydrogens is 577 g/mol. The molecule has 1 aromatic heterocycles. The quantitative estimate of drug-likeness (QED) is 0.370.